The van der Waals surface area contributed by atoms with Gasteiger partial charge in [-0.3, -0.25) is 0 Å². The third-order valence-electron chi connectivity index (χ3n) is 6.12. The van der Waals surface area contributed by atoms with Crippen molar-refractivity contribution in [3.63, 3.8) is 0 Å². The van der Waals surface area contributed by atoms with Gasteiger partial charge in [-0.25, -0.2) is 4.98 Å². The van der Waals surface area contributed by atoms with E-state index in [0.29, 0.717) is 0 Å². The van der Waals surface area contributed by atoms with Gasteiger partial charge in [0.05, 0.1) is 0 Å². The van der Waals surface area contributed by atoms with Crippen LogP contribution in [0.25, 0.3) is 21.5 Å². The molecule has 4 aromatic rings. The van der Waals surface area contributed by atoms with Gasteiger partial charge in [-0.2, -0.15) is 0 Å². The highest BCUT2D eigenvalue weighted by atomic mass is 15.0. The number of benzene rings is 3. The molecule has 0 unspecified atom stereocenters. The van der Waals surface area contributed by atoms with Gasteiger partial charge in [0, 0.05) is 11.9 Å². The Kier molecular flexibility index (Phi) is 7.55. The molecule has 2 nitrogen and oxygen atoms in total. The maximum absolute atomic E-state index is 4.54. The molecular weight excluding hydrogens is 376 g/mol. The maximum Gasteiger partial charge on any atom is 0.130 e. The summed E-state index contributed by atoms with van der Waals surface area (Å²) in [6, 6.07) is 24.0. The molecule has 0 fully saturated rings. The SMILES string of the molecule is CCCCCCCCCCc1ccnc(Nc2ccc3cc4ccccc4cc3c2)c1. The number of unbranched alkanes of at least 4 members (excludes halogenated alkanes) is 7. The summed E-state index contributed by atoms with van der Waals surface area (Å²) in [5.74, 6) is 0.928. The molecule has 0 saturated carbocycles. The zero-order valence-corrected chi connectivity index (χ0v) is 18.7. The van der Waals surface area contributed by atoms with E-state index < -0.39 is 0 Å². The Morgan fingerprint density at radius 2 is 1.32 bits per heavy atom. The van der Waals surface area contributed by atoms with E-state index in [0.717, 1.165) is 17.9 Å². The smallest absolute Gasteiger partial charge is 0.130 e. The average Bonchev–Trinajstić information content (AvgIpc) is 2.80. The van der Waals surface area contributed by atoms with Crippen LogP contribution in [0.1, 0.15) is 63.9 Å². The van der Waals surface area contributed by atoms with E-state index in [-0.39, 0.29) is 0 Å². The summed E-state index contributed by atoms with van der Waals surface area (Å²) in [5.41, 5.74) is 2.45. The van der Waals surface area contributed by atoms with Crippen LogP contribution < -0.4 is 5.32 Å². The molecule has 0 aliphatic heterocycles. The van der Waals surface area contributed by atoms with E-state index in [1.165, 1.54) is 78.5 Å². The second-order valence-corrected chi connectivity index (χ2v) is 8.66. The van der Waals surface area contributed by atoms with Crippen LogP contribution in [0.4, 0.5) is 11.5 Å². The highest BCUT2D eigenvalue weighted by Crippen LogP contribution is 2.26. The van der Waals surface area contributed by atoms with Gasteiger partial charge in [-0.1, -0.05) is 82.2 Å². The number of anilines is 2. The van der Waals surface area contributed by atoms with Crippen molar-refractivity contribution in [3.8, 4) is 0 Å². The van der Waals surface area contributed by atoms with E-state index in [1.54, 1.807) is 0 Å². The molecule has 0 bridgehead atoms. The lowest BCUT2D eigenvalue weighted by molar-refractivity contribution is 0.575. The lowest BCUT2D eigenvalue weighted by atomic mass is 10.0. The van der Waals surface area contributed by atoms with Crippen molar-refractivity contribution in [1.82, 2.24) is 4.98 Å². The fraction of sp³-hybridized carbons (Fsp3) is 0.345. The number of pyridine rings is 1. The molecule has 160 valence electrons. The summed E-state index contributed by atoms with van der Waals surface area (Å²) in [6.45, 7) is 2.28. The molecule has 3 aromatic carbocycles. The highest BCUT2D eigenvalue weighted by molar-refractivity contribution is 5.99. The van der Waals surface area contributed by atoms with Crippen molar-refractivity contribution >= 4 is 33.1 Å². The van der Waals surface area contributed by atoms with Gasteiger partial charge in [0.1, 0.15) is 5.82 Å². The average molecular weight is 411 g/mol. The van der Waals surface area contributed by atoms with Gasteiger partial charge in [-0.05, 0) is 76.3 Å². The highest BCUT2D eigenvalue weighted by Gasteiger charge is 2.03. The number of fused-ring (bicyclic) bond motifs is 2. The number of hydrogen-bond donors (Lipinski definition) is 1. The van der Waals surface area contributed by atoms with Crippen LogP contribution in [0, 0.1) is 0 Å². The van der Waals surface area contributed by atoms with Crippen LogP contribution in [0.3, 0.4) is 0 Å². The summed E-state index contributed by atoms with van der Waals surface area (Å²) in [4.78, 5) is 4.54. The maximum atomic E-state index is 4.54. The Balaban J connectivity index is 1.34. The molecule has 0 atom stereocenters. The van der Waals surface area contributed by atoms with Crippen molar-refractivity contribution < 1.29 is 0 Å². The van der Waals surface area contributed by atoms with Crippen molar-refractivity contribution in [2.45, 2.75) is 64.7 Å². The Morgan fingerprint density at radius 1 is 0.645 bits per heavy atom. The molecule has 0 aliphatic carbocycles. The van der Waals surface area contributed by atoms with Gasteiger partial charge in [0.15, 0.2) is 0 Å². The van der Waals surface area contributed by atoms with Crippen molar-refractivity contribution in [3.05, 3.63) is 78.5 Å². The van der Waals surface area contributed by atoms with Crippen molar-refractivity contribution in [2.75, 3.05) is 5.32 Å². The molecule has 1 heterocycles. The predicted molar refractivity (Wildman–Crippen MR) is 135 cm³/mol. The van der Waals surface area contributed by atoms with Crippen molar-refractivity contribution in [2.24, 2.45) is 0 Å². The molecule has 0 amide bonds. The summed E-state index contributed by atoms with van der Waals surface area (Å²) >= 11 is 0. The van der Waals surface area contributed by atoms with Gasteiger partial charge in [0.25, 0.3) is 0 Å². The molecule has 0 spiro atoms. The monoisotopic (exact) mass is 410 g/mol. The molecule has 0 radical (unpaired) electrons. The van der Waals surface area contributed by atoms with Crippen molar-refractivity contribution in [1.29, 1.82) is 0 Å². The molecule has 2 heteroatoms. The lowest BCUT2D eigenvalue weighted by Gasteiger charge is -2.09. The normalized spacial score (nSPS) is 11.3. The first-order valence-corrected chi connectivity index (χ1v) is 12.0. The quantitative estimate of drug-likeness (QED) is 0.197. The fourth-order valence-corrected chi connectivity index (χ4v) is 4.33. The lowest BCUT2D eigenvalue weighted by Crippen LogP contribution is -1.95. The van der Waals surface area contributed by atoms with Crippen LogP contribution in [0.15, 0.2) is 72.9 Å². The van der Waals surface area contributed by atoms with Gasteiger partial charge in [-0.15, -0.1) is 0 Å². The predicted octanol–water partition coefficient (Wildman–Crippen LogP) is 8.81. The van der Waals surface area contributed by atoms with Crippen LogP contribution >= 0.6 is 0 Å². The molecular formula is C29H34N2. The third-order valence-corrected chi connectivity index (χ3v) is 6.12. The summed E-state index contributed by atoms with van der Waals surface area (Å²) in [6.07, 6.45) is 13.9. The number of nitrogens with one attached hydrogen (secondary N) is 1. The standard InChI is InChI=1S/C29H34N2/c1-2-3-4-5-6-7-8-9-12-23-17-18-30-29(19-23)31-28-16-15-26-20-24-13-10-11-14-25(24)21-27(26)22-28/h10-11,13-22H,2-9,12H2,1H3,(H,30,31). The fourth-order valence-electron chi connectivity index (χ4n) is 4.33. The van der Waals surface area contributed by atoms with Gasteiger partial charge < -0.3 is 5.32 Å². The Labute approximate surface area is 186 Å². The molecule has 1 aromatic heterocycles. The van der Waals surface area contributed by atoms with E-state index in [2.05, 4.69) is 84.0 Å². The number of nitrogens with zero attached hydrogens (tertiary/aromatic N) is 1. The Bertz CT molecular complexity index is 1120. The number of aromatic nitrogens is 1. The Hall–Kier alpha value is -2.87. The first-order chi connectivity index (χ1) is 15.3. The number of hydrogen-bond acceptors (Lipinski definition) is 2. The third kappa shape index (κ3) is 6.07. The van der Waals surface area contributed by atoms with Gasteiger partial charge in [0.2, 0.25) is 0 Å². The second-order valence-electron chi connectivity index (χ2n) is 8.66. The van der Waals surface area contributed by atoms with E-state index in [9.17, 15) is 0 Å². The first kappa shape index (κ1) is 21.4. The minimum atomic E-state index is 0.928. The largest absolute Gasteiger partial charge is 0.340 e. The topological polar surface area (TPSA) is 24.9 Å². The van der Waals surface area contributed by atoms with Crippen LogP contribution in [0.5, 0.6) is 0 Å². The summed E-state index contributed by atoms with van der Waals surface area (Å²) in [7, 11) is 0. The zero-order chi connectivity index (χ0) is 21.3. The first-order valence-electron chi connectivity index (χ1n) is 12.0. The zero-order valence-electron chi connectivity index (χ0n) is 18.7. The van der Waals surface area contributed by atoms with Gasteiger partial charge >= 0.3 is 0 Å². The number of aryl methyl sites for hydroxylation is 1. The molecule has 0 saturated heterocycles. The Morgan fingerprint density at radius 3 is 2.10 bits per heavy atom. The van der Waals surface area contributed by atoms with E-state index in [4.69, 9.17) is 0 Å². The van der Waals surface area contributed by atoms with E-state index in [1.807, 2.05) is 6.20 Å². The molecule has 31 heavy (non-hydrogen) atoms. The van der Waals surface area contributed by atoms with Crippen LogP contribution in [-0.4, -0.2) is 4.98 Å². The minimum absolute atomic E-state index is 0.928. The van der Waals surface area contributed by atoms with Crippen LogP contribution in [0.2, 0.25) is 0 Å². The summed E-state index contributed by atoms with van der Waals surface area (Å²) < 4.78 is 0. The van der Waals surface area contributed by atoms with Crippen LogP contribution in [-0.2, 0) is 6.42 Å². The van der Waals surface area contributed by atoms with E-state index >= 15 is 0 Å². The molecule has 0 aliphatic rings. The molecule has 1 N–H and O–H groups in total. The second kappa shape index (κ2) is 10.9. The molecule has 4 rings (SSSR count). The number of rotatable bonds is 11. The minimum Gasteiger partial charge on any atom is -0.340 e. The summed E-state index contributed by atoms with van der Waals surface area (Å²) in [5, 5.41) is 8.58.